The highest BCUT2D eigenvalue weighted by atomic mass is 32.1. The monoisotopic (exact) mass is 424 g/mol. The van der Waals surface area contributed by atoms with Gasteiger partial charge in [-0.05, 0) is 35.3 Å². The van der Waals surface area contributed by atoms with Crippen molar-refractivity contribution in [1.29, 1.82) is 0 Å². The third-order valence-electron chi connectivity index (χ3n) is 5.27. The number of alkyl halides is 3. The molecule has 0 saturated carbocycles. The fourth-order valence-electron chi connectivity index (χ4n) is 3.86. The van der Waals surface area contributed by atoms with Crippen molar-refractivity contribution in [2.24, 2.45) is 0 Å². The van der Waals surface area contributed by atoms with E-state index >= 15 is 0 Å². The number of hydrogen-bond acceptors (Lipinski definition) is 3. The third-order valence-corrected chi connectivity index (χ3v) is 6.14. The van der Waals surface area contributed by atoms with Gasteiger partial charge in [0.15, 0.2) is 0 Å². The number of benzene rings is 2. The maximum atomic E-state index is 13.4. The molecule has 0 radical (unpaired) electrons. The van der Waals surface area contributed by atoms with Crippen LogP contribution in [0.5, 0.6) is 0 Å². The number of thiophene rings is 1. The summed E-state index contributed by atoms with van der Waals surface area (Å²) < 4.78 is 41.6. The number of nitrogens with zero attached hydrogens (tertiary/aromatic N) is 2. The van der Waals surface area contributed by atoms with Crippen molar-refractivity contribution in [3.05, 3.63) is 87.3 Å². The van der Waals surface area contributed by atoms with E-state index in [1.807, 2.05) is 35.7 Å². The Morgan fingerprint density at radius 1 is 1.03 bits per heavy atom. The first-order valence-corrected chi connectivity index (χ1v) is 10.3. The highest BCUT2D eigenvalue weighted by Gasteiger charge is 2.33. The topological polar surface area (TPSA) is 34.9 Å². The Labute approximate surface area is 173 Å². The average molecular weight is 424 g/mol. The fraction of sp³-hybridized carbons (Fsp3) is 0.130. The maximum Gasteiger partial charge on any atom is 0.416 e. The molecule has 4 aromatic rings. The van der Waals surface area contributed by atoms with Crippen LogP contribution in [0.15, 0.2) is 64.8 Å². The van der Waals surface area contributed by atoms with E-state index in [1.54, 1.807) is 10.6 Å². The molecule has 0 spiro atoms. The lowest BCUT2D eigenvalue weighted by Crippen LogP contribution is -2.20. The van der Waals surface area contributed by atoms with E-state index in [1.165, 1.54) is 29.5 Å². The third kappa shape index (κ3) is 3.06. The molecule has 7 heteroatoms. The summed E-state index contributed by atoms with van der Waals surface area (Å²) in [5.74, 6) is 0.450. The van der Waals surface area contributed by atoms with Crippen LogP contribution in [-0.4, -0.2) is 9.55 Å². The maximum absolute atomic E-state index is 13.4. The smallest absolute Gasteiger partial charge is 0.292 e. The molecule has 0 saturated heterocycles. The van der Waals surface area contributed by atoms with Crippen molar-refractivity contribution in [3.63, 3.8) is 0 Å². The summed E-state index contributed by atoms with van der Waals surface area (Å²) >= 11 is 1.37. The first kappa shape index (κ1) is 18.8. The summed E-state index contributed by atoms with van der Waals surface area (Å²) in [5, 5.41) is 2.47. The molecule has 0 unspecified atom stereocenters. The minimum Gasteiger partial charge on any atom is -0.292 e. The number of rotatable bonds is 2. The summed E-state index contributed by atoms with van der Waals surface area (Å²) in [6.07, 6.45) is -2.47. The summed E-state index contributed by atoms with van der Waals surface area (Å²) in [6, 6.07) is 15.1. The molecule has 150 valence electrons. The highest BCUT2D eigenvalue weighted by molar-refractivity contribution is 7.17. The van der Waals surface area contributed by atoms with Crippen molar-refractivity contribution in [2.45, 2.75) is 19.1 Å². The molecular weight excluding hydrogens is 409 g/mol. The predicted molar refractivity (Wildman–Crippen MR) is 113 cm³/mol. The molecule has 0 fully saturated rings. The number of aromatic nitrogens is 2. The summed E-state index contributed by atoms with van der Waals surface area (Å²) in [4.78, 5) is 18.5. The Morgan fingerprint density at radius 3 is 2.53 bits per heavy atom. The van der Waals surface area contributed by atoms with E-state index in [9.17, 15) is 18.0 Å². The number of hydrogen-bond donors (Lipinski definition) is 0. The second-order valence-electron chi connectivity index (χ2n) is 7.09. The normalized spacial score (nSPS) is 15.1. The number of fused-ring (bicyclic) bond motifs is 2. The lowest BCUT2D eigenvalue weighted by Gasteiger charge is -2.10. The molecule has 0 bridgehead atoms. The second kappa shape index (κ2) is 6.95. The van der Waals surface area contributed by atoms with Gasteiger partial charge >= 0.3 is 6.18 Å². The summed E-state index contributed by atoms with van der Waals surface area (Å²) in [5.41, 5.74) is 1.66. The zero-order valence-electron chi connectivity index (χ0n) is 15.6. The standard InChI is InChI=1S/C23H15F3N2OS/c24-23(25,26)18-9-5-4-8-15(18)12-16-10-11-28-20(16)27-21-19(22(28)29)17(13-30-21)14-6-2-1-3-7-14/h1-9,12-13H,10-11H2/b16-12-. The molecule has 30 heavy (non-hydrogen) atoms. The van der Waals surface area contributed by atoms with Crippen LogP contribution >= 0.6 is 11.3 Å². The number of allylic oxidation sites excluding steroid dienone is 1. The highest BCUT2D eigenvalue weighted by Crippen LogP contribution is 2.37. The van der Waals surface area contributed by atoms with Gasteiger partial charge in [0.2, 0.25) is 0 Å². The quantitative estimate of drug-likeness (QED) is 0.390. The van der Waals surface area contributed by atoms with Crippen molar-refractivity contribution in [3.8, 4) is 11.1 Å². The minimum atomic E-state index is -4.44. The van der Waals surface area contributed by atoms with E-state index in [0.717, 1.165) is 17.2 Å². The van der Waals surface area contributed by atoms with E-state index < -0.39 is 11.7 Å². The van der Waals surface area contributed by atoms with E-state index in [0.29, 0.717) is 34.6 Å². The molecule has 1 aliphatic rings. The predicted octanol–water partition coefficient (Wildman–Crippen LogP) is 6.09. The molecule has 0 aliphatic carbocycles. The Balaban J connectivity index is 1.66. The molecule has 1 aliphatic heterocycles. The Hall–Kier alpha value is -3.19. The largest absolute Gasteiger partial charge is 0.416 e. The van der Waals surface area contributed by atoms with Crippen LogP contribution in [-0.2, 0) is 12.7 Å². The van der Waals surface area contributed by atoms with Crippen LogP contribution in [0.1, 0.15) is 23.4 Å². The Kier molecular flexibility index (Phi) is 4.36. The van der Waals surface area contributed by atoms with Crippen LogP contribution < -0.4 is 5.56 Å². The zero-order chi connectivity index (χ0) is 20.9. The molecule has 0 amide bonds. The van der Waals surface area contributed by atoms with E-state index in [4.69, 9.17) is 0 Å². The van der Waals surface area contributed by atoms with Crippen LogP contribution in [0.2, 0.25) is 0 Å². The Bertz CT molecular complexity index is 1350. The first-order valence-electron chi connectivity index (χ1n) is 9.38. The van der Waals surface area contributed by atoms with Crippen molar-refractivity contribution in [2.75, 3.05) is 0 Å². The van der Waals surface area contributed by atoms with Gasteiger partial charge in [-0.2, -0.15) is 13.2 Å². The SMILES string of the molecule is O=c1c2c(-c3ccccc3)csc2nc2n1CC/C2=C/c1ccccc1C(F)(F)F. The van der Waals surface area contributed by atoms with Gasteiger partial charge in [-0.1, -0.05) is 48.5 Å². The first-order chi connectivity index (χ1) is 14.4. The van der Waals surface area contributed by atoms with Gasteiger partial charge in [-0.3, -0.25) is 9.36 Å². The van der Waals surface area contributed by atoms with Gasteiger partial charge in [-0.25, -0.2) is 4.98 Å². The van der Waals surface area contributed by atoms with Gasteiger partial charge < -0.3 is 0 Å². The molecule has 0 atom stereocenters. The zero-order valence-corrected chi connectivity index (χ0v) is 16.4. The van der Waals surface area contributed by atoms with Gasteiger partial charge in [0.05, 0.1) is 10.9 Å². The second-order valence-corrected chi connectivity index (χ2v) is 7.95. The van der Waals surface area contributed by atoms with Gasteiger partial charge in [-0.15, -0.1) is 11.3 Å². The summed E-state index contributed by atoms with van der Waals surface area (Å²) in [7, 11) is 0. The average Bonchev–Trinajstić information content (AvgIpc) is 3.34. The molecule has 2 aromatic carbocycles. The molecular formula is C23H15F3N2OS. The molecule has 5 rings (SSSR count). The van der Waals surface area contributed by atoms with E-state index in [2.05, 4.69) is 4.98 Å². The molecule has 2 aromatic heterocycles. The van der Waals surface area contributed by atoms with Crippen LogP contribution in [0.25, 0.3) is 33.0 Å². The van der Waals surface area contributed by atoms with Gasteiger partial charge in [0, 0.05) is 17.5 Å². The minimum absolute atomic E-state index is 0.0824. The van der Waals surface area contributed by atoms with Crippen LogP contribution in [0, 0.1) is 0 Å². The van der Waals surface area contributed by atoms with Crippen LogP contribution in [0.4, 0.5) is 13.2 Å². The van der Waals surface area contributed by atoms with Crippen molar-refractivity contribution < 1.29 is 13.2 Å². The van der Waals surface area contributed by atoms with Crippen molar-refractivity contribution >= 4 is 33.2 Å². The van der Waals surface area contributed by atoms with E-state index in [-0.39, 0.29) is 11.1 Å². The fourth-order valence-corrected chi connectivity index (χ4v) is 4.79. The summed E-state index contributed by atoms with van der Waals surface area (Å²) in [6.45, 7) is 0.404. The van der Waals surface area contributed by atoms with Crippen molar-refractivity contribution in [1.82, 2.24) is 9.55 Å². The Morgan fingerprint density at radius 2 is 1.77 bits per heavy atom. The van der Waals surface area contributed by atoms with Gasteiger partial charge in [0.25, 0.3) is 5.56 Å². The molecule has 3 heterocycles. The molecule has 3 nitrogen and oxygen atoms in total. The number of halogens is 3. The lowest BCUT2D eigenvalue weighted by molar-refractivity contribution is -0.137. The van der Waals surface area contributed by atoms with Gasteiger partial charge in [0.1, 0.15) is 10.7 Å². The molecule has 0 N–H and O–H groups in total. The van der Waals surface area contributed by atoms with Crippen LogP contribution in [0.3, 0.4) is 0 Å². The lowest BCUT2D eigenvalue weighted by atomic mass is 10.0.